The molecule has 0 amide bonds. The van der Waals surface area contributed by atoms with Gasteiger partial charge in [0.05, 0.1) is 12.9 Å². The van der Waals surface area contributed by atoms with E-state index in [1.165, 1.54) is 26.4 Å². The molecule has 1 aliphatic heterocycles. The minimum Gasteiger partial charge on any atom is -0.463 e. The summed E-state index contributed by atoms with van der Waals surface area (Å²) < 4.78 is 10.1. The molecule has 0 saturated carbocycles. The van der Waals surface area contributed by atoms with Crippen molar-refractivity contribution in [2.75, 3.05) is 25.1 Å². The number of thioether (sulfide) groups is 1. The summed E-state index contributed by atoms with van der Waals surface area (Å²) in [7, 11) is 1.34. The Morgan fingerprint density at radius 2 is 2.13 bits per heavy atom. The van der Waals surface area contributed by atoms with E-state index in [1.54, 1.807) is 30.2 Å². The van der Waals surface area contributed by atoms with Crippen molar-refractivity contribution < 1.29 is 13.9 Å². The zero-order valence-electron chi connectivity index (χ0n) is 13.0. The Labute approximate surface area is 139 Å². The van der Waals surface area contributed by atoms with Crippen molar-refractivity contribution in [1.82, 2.24) is 9.97 Å². The molecule has 122 valence electrons. The fraction of sp³-hybridized carbons (Fsp3) is 0.438. The molecule has 0 unspecified atom stereocenters. The van der Waals surface area contributed by atoms with E-state index in [2.05, 4.69) is 19.6 Å². The van der Waals surface area contributed by atoms with E-state index in [1.807, 2.05) is 6.07 Å². The van der Waals surface area contributed by atoms with Gasteiger partial charge in [-0.2, -0.15) is 0 Å². The molecule has 0 aliphatic carbocycles. The lowest BCUT2D eigenvalue weighted by Crippen LogP contribution is -2.30. The van der Waals surface area contributed by atoms with Crippen LogP contribution >= 0.6 is 11.8 Å². The molecular weight excluding hydrogens is 314 g/mol. The molecule has 3 heterocycles. The summed E-state index contributed by atoms with van der Waals surface area (Å²) in [5, 5.41) is 0.900. The Hall–Kier alpha value is -2.02. The van der Waals surface area contributed by atoms with Crippen molar-refractivity contribution in [3.05, 3.63) is 36.0 Å². The number of carbonyl (C=O) groups excluding carboxylic acids is 1. The fourth-order valence-corrected chi connectivity index (χ4v) is 3.27. The van der Waals surface area contributed by atoms with Gasteiger partial charge in [0.15, 0.2) is 0 Å². The zero-order chi connectivity index (χ0) is 16.1. The van der Waals surface area contributed by atoms with Crippen LogP contribution in [0.15, 0.2) is 34.0 Å². The van der Waals surface area contributed by atoms with E-state index in [4.69, 9.17) is 4.42 Å². The van der Waals surface area contributed by atoms with Gasteiger partial charge in [-0.25, -0.2) is 14.8 Å². The third-order valence-corrected chi connectivity index (χ3v) is 4.67. The number of furan rings is 1. The van der Waals surface area contributed by atoms with Crippen LogP contribution in [0.1, 0.15) is 35.6 Å². The predicted octanol–water partition coefficient (Wildman–Crippen LogP) is 3.14. The van der Waals surface area contributed by atoms with Crippen LogP contribution in [0.25, 0.3) is 0 Å². The van der Waals surface area contributed by atoms with Gasteiger partial charge in [0.25, 0.3) is 0 Å². The molecule has 3 rings (SSSR count). The van der Waals surface area contributed by atoms with Gasteiger partial charge in [-0.15, -0.1) is 0 Å². The maximum atomic E-state index is 11.4. The minimum absolute atomic E-state index is 0.222. The molecule has 6 nitrogen and oxygen atoms in total. The molecule has 0 N–H and O–H groups in total. The predicted molar refractivity (Wildman–Crippen MR) is 87.7 cm³/mol. The first-order valence-corrected chi connectivity index (χ1v) is 8.61. The van der Waals surface area contributed by atoms with Crippen LogP contribution in [0.5, 0.6) is 0 Å². The van der Waals surface area contributed by atoms with E-state index >= 15 is 0 Å². The molecule has 1 fully saturated rings. The first-order chi connectivity index (χ1) is 11.3. The van der Waals surface area contributed by atoms with E-state index < -0.39 is 5.97 Å². The zero-order valence-corrected chi connectivity index (χ0v) is 13.8. The highest BCUT2D eigenvalue weighted by Crippen LogP contribution is 2.25. The molecule has 0 atom stereocenters. The quantitative estimate of drug-likeness (QED) is 0.473. The second-order valence-electron chi connectivity index (χ2n) is 5.31. The molecule has 1 aliphatic rings. The fourth-order valence-electron chi connectivity index (χ4n) is 2.52. The average molecular weight is 333 g/mol. The monoisotopic (exact) mass is 333 g/mol. The van der Waals surface area contributed by atoms with Crippen molar-refractivity contribution >= 4 is 23.5 Å². The van der Waals surface area contributed by atoms with Crippen LogP contribution in [0.4, 0.5) is 5.82 Å². The van der Waals surface area contributed by atoms with Crippen molar-refractivity contribution in [3.8, 4) is 0 Å². The summed E-state index contributed by atoms with van der Waals surface area (Å²) in [5.41, 5.74) is 0. The minimum atomic E-state index is -0.462. The van der Waals surface area contributed by atoms with Crippen LogP contribution in [0, 0.1) is 0 Å². The molecule has 23 heavy (non-hydrogen) atoms. The lowest BCUT2D eigenvalue weighted by Gasteiger charge is -2.27. The second kappa shape index (κ2) is 7.50. The Bertz CT molecular complexity index is 668. The summed E-state index contributed by atoms with van der Waals surface area (Å²) in [4.78, 5) is 22.3. The molecule has 0 bridgehead atoms. The average Bonchev–Trinajstić information content (AvgIpc) is 3.09. The van der Waals surface area contributed by atoms with E-state index in [0.29, 0.717) is 11.5 Å². The van der Waals surface area contributed by atoms with Crippen molar-refractivity contribution in [2.45, 2.75) is 30.0 Å². The SMILES string of the molecule is COC(=O)c1ccc(CSc2cc(N3CCCCC3)ncn2)o1. The highest BCUT2D eigenvalue weighted by Gasteiger charge is 2.14. The van der Waals surface area contributed by atoms with Crippen molar-refractivity contribution in [1.29, 1.82) is 0 Å². The topological polar surface area (TPSA) is 68.5 Å². The van der Waals surface area contributed by atoms with Gasteiger partial charge in [0.1, 0.15) is 22.9 Å². The molecule has 0 aromatic carbocycles. The number of aromatic nitrogens is 2. The first-order valence-electron chi connectivity index (χ1n) is 7.63. The number of hydrogen-bond donors (Lipinski definition) is 0. The highest BCUT2D eigenvalue weighted by atomic mass is 32.2. The van der Waals surface area contributed by atoms with Gasteiger partial charge in [0, 0.05) is 19.2 Å². The number of hydrogen-bond acceptors (Lipinski definition) is 7. The first kappa shape index (κ1) is 15.9. The number of esters is 1. The van der Waals surface area contributed by atoms with Gasteiger partial charge < -0.3 is 14.1 Å². The van der Waals surface area contributed by atoms with Gasteiger partial charge >= 0.3 is 5.97 Å². The molecule has 2 aromatic heterocycles. The Morgan fingerprint density at radius 1 is 1.30 bits per heavy atom. The normalized spacial score (nSPS) is 14.7. The number of methoxy groups -OCH3 is 1. The number of piperidine rings is 1. The van der Waals surface area contributed by atoms with Gasteiger partial charge in [0.2, 0.25) is 5.76 Å². The van der Waals surface area contributed by atoms with Crippen LogP contribution in [-0.4, -0.2) is 36.1 Å². The summed E-state index contributed by atoms with van der Waals surface area (Å²) >= 11 is 1.56. The third kappa shape index (κ3) is 4.04. The second-order valence-corrected chi connectivity index (χ2v) is 6.30. The summed E-state index contributed by atoms with van der Waals surface area (Å²) in [6, 6.07) is 5.42. The number of carbonyl (C=O) groups is 1. The maximum absolute atomic E-state index is 11.4. The molecule has 1 saturated heterocycles. The van der Waals surface area contributed by atoms with Crippen LogP contribution in [0.2, 0.25) is 0 Å². The Kier molecular flexibility index (Phi) is 5.17. The van der Waals surface area contributed by atoms with Crippen molar-refractivity contribution in [3.63, 3.8) is 0 Å². The number of nitrogens with zero attached hydrogens (tertiary/aromatic N) is 3. The van der Waals surface area contributed by atoms with E-state index in [-0.39, 0.29) is 5.76 Å². The Morgan fingerprint density at radius 3 is 2.91 bits per heavy atom. The molecule has 7 heteroatoms. The number of rotatable bonds is 5. The molecular formula is C16H19N3O3S. The van der Waals surface area contributed by atoms with Gasteiger partial charge in [-0.05, 0) is 31.4 Å². The third-order valence-electron chi connectivity index (χ3n) is 3.72. The smallest absolute Gasteiger partial charge is 0.373 e. The van der Waals surface area contributed by atoms with E-state index in [9.17, 15) is 4.79 Å². The van der Waals surface area contributed by atoms with Crippen molar-refractivity contribution in [2.24, 2.45) is 0 Å². The number of anilines is 1. The number of ether oxygens (including phenoxy) is 1. The summed E-state index contributed by atoms with van der Waals surface area (Å²) in [5.74, 6) is 2.06. The highest BCUT2D eigenvalue weighted by molar-refractivity contribution is 7.98. The standard InChI is InChI=1S/C16H19N3O3S/c1-21-16(20)13-6-5-12(22-13)10-23-15-9-14(17-11-18-15)19-7-3-2-4-8-19/h5-6,9,11H,2-4,7-8,10H2,1H3. The lowest BCUT2D eigenvalue weighted by atomic mass is 10.1. The van der Waals surface area contributed by atoms with Gasteiger partial charge in [-0.3, -0.25) is 0 Å². The van der Waals surface area contributed by atoms with Crippen LogP contribution in [0.3, 0.4) is 0 Å². The Balaban J connectivity index is 1.61. The largest absolute Gasteiger partial charge is 0.463 e. The summed E-state index contributed by atoms with van der Waals surface area (Å²) in [6.07, 6.45) is 5.34. The molecule has 2 aromatic rings. The van der Waals surface area contributed by atoms with E-state index in [0.717, 1.165) is 23.9 Å². The summed E-state index contributed by atoms with van der Waals surface area (Å²) in [6.45, 7) is 2.11. The van der Waals surface area contributed by atoms with Crippen LogP contribution in [-0.2, 0) is 10.5 Å². The van der Waals surface area contributed by atoms with Gasteiger partial charge in [-0.1, -0.05) is 11.8 Å². The molecule has 0 radical (unpaired) electrons. The maximum Gasteiger partial charge on any atom is 0.373 e. The van der Waals surface area contributed by atoms with Crippen LogP contribution < -0.4 is 4.90 Å². The lowest BCUT2D eigenvalue weighted by molar-refractivity contribution is 0.0563. The molecule has 0 spiro atoms.